The van der Waals surface area contributed by atoms with E-state index in [1.165, 1.54) is 26.4 Å². The summed E-state index contributed by atoms with van der Waals surface area (Å²) in [4.78, 5) is 12.4. The average molecular weight is 364 g/mol. The highest BCUT2D eigenvalue weighted by atomic mass is 32.2. The molecule has 2 aromatic rings. The second-order valence-electron chi connectivity index (χ2n) is 5.38. The lowest BCUT2D eigenvalue weighted by atomic mass is 10.1. The van der Waals surface area contributed by atoms with Crippen LogP contribution in [0, 0.1) is 6.92 Å². The van der Waals surface area contributed by atoms with Gasteiger partial charge in [0, 0.05) is 17.7 Å². The van der Waals surface area contributed by atoms with E-state index in [0.29, 0.717) is 22.6 Å². The molecule has 134 valence electrons. The fourth-order valence-corrected chi connectivity index (χ4v) is 2.92. The average Bonchev–Trinajstić information content (AvgIpc) is 2.59. The minimum atomic E-state index is -3.78. The van der Waals surface area contributed by atoms with Crippen LogP contribution in [0.2, 0.25) is 0 Å². The van der Waals surface area contributed by atoms with E-state index in [1.807, 2.05) is 6.92 Å². The second-order valence-corrected chi connectivity index (χ2v) is 6.94. The Labute approximate surface area is 146 Å². The van der Waals surface area contributed by atoms with Crippen LogP contribution in [0.25, 0.3) is 0 Å². The van der Waals surface area contributed by atoms with Crippen LogP contribution in [-0.4, -0.2) is 28.5 Å². The van der Waals surface area contributed by atoms with Gasteiger partial charge in [-0.3, -0.25) is 4.79 Å². The van der Waals surface area contributed by atoms with Gasteiger partial charge in [0.2, 0.25) is 10.0 Å². The number of hydrogen-bond acceptors (Lipinski definition) is 5. The first kappa shape index (κ1) is 18.8. The molecule has 8 heteroatoms. The maximum absolute atomic E-state index is 12.4. The summed E-state index contributed by atoms with van der Waals surface area (Å²) < 4.78 is 33.3. The van der Waals surface area contributed by atoms with E-state index in [-0.39, 0.29) is 17.3 Å². The zero-order valence-corrected chi connectivity index (χ0v) is 15.0. The zero-order chi connectivity index (χ0) is 18.6. The normalized spacial score (nSPS) is 11.0. The van der Waals surface area contributed by atoms with Crippen LogP contribution in [0.5, 0.6) is 11.5 Å². The molecule has 0 heterocycles. The third-order valence-corrected chi connectivity index (χ3v) is 4.61. The molecule has 0 aliphatic rings. The number of ether oxygens (including phenoxy) is 2. The number of hydrogen-bond donors (Lipinski definition) is 2. The molecule has 0 saturated heterocycles. The molecule has 2 rings (SSSR count). The molecule has 0 atom stereocenters. The highest BCUT2D eigenvalue weighted by molar-refractivity contribution is 7.89. The highest BCUT2D eigenvalue weighted by Gasteiger charge is 2.14. The van der Waals surface area contributed by atoms with E-state index in [9.17, 15) is 13.2 Å². The van der Waals surface area contributed by atoms with Gasteiger partial charge in [-0.15, -0.1) is 0 Å². The highest BCUT2D eigenvalue weighted by Crippen LogP contribution is 2.29. The van der Waals surface area contributed by atoms with E-state index >= 15 is 0 Å². The Balaban J connectivity index is 2.18. The number of sulfonamides is 1. The van der Waals surface area contributed by atoms with Crippen molar-refractivity contribution >= 4 is 15.9 Å². The number of methoxy groups -OCH3 is 2. The fraction of sp³-hybridized carbons (Fsp3) is 0.235. The third-order valence-electron chi connectivity index (χ3n) is 3.69. The molecule has 0 radical (unpaired) electrons. The van der Waals surface area contributed by atoms with E-state index in [1.54, 1.807) is 24.3 Å². The van der Waals surface area contributed by atoms with Crippen molar-refractivity contribution in [2.75, 3.05) is 14.2 Å². The molecule has 0 fully saturated rings. The van der Waals surface area contributed by atoms with Gasteiger partial charge in [-0.1, -0.05) is 12.1 Å². The molecule has 7 nitrogen and oxygen atoms in total. The number of nitrogens with one attached hydrogen (secondary N) is 1. The lowest BCUT2D eigenvalue weighted by molar-refractivity contribution is 0.0950. The molecule has 25 heavy (non-hydrogen) atoms. The van der Waals surface area contributed by atoms with Gasteiger partial charge < -0.3 is 14.8 Å². The van der Waals surface area contributed by atoms with Gasteiger partial charge in [0.05, 0.1) is 19.1 Å². The Kier molecular flexibility index (Phi) is 5.66. The van der Waals surface area contributed by atoms with Gasteiger partial charge in [0.25, 0.3) is 5.91 Å². The minimum absolute atomic E-state index is 0.00192. The van der Waals surface area contributed by atoms with E-state index < -0.39 is 10.0 Å². The van der Waals surface area contributed by atoms with Crippen LogP contribution in [0.4, 0.5) is 0 Å². The van der Waals surface area contributed by atoms with Gasteiger partial charge >= 0.3 is 0 Å². The predicted molar refractivity (Wildman–Crippen MR) is 93.3 cm³/mol. The van der Waals surface area contributed by atoms with Crippen LogP contribution >= 0.6 is 0 Å². The summed E-state index contributed by atoms with van der Waals surface area (Å²) in [5, 5.41) is 7.84. The number of carbonyl (C=O) groups is 1. The topological polar surface area (TPSA) is 108 Å². The Bertz CT molecular complexity index is 869. The number of benzene rings is 2. The maximum Gasteiger partial charge on any atom is 0.251 e. The summed E-state index contributed by atoms with van der Waals surface area (Å²) >= 11 is 0. The summed E-state index contributed by atoms with van der Waals surface area (Å²) in [6.45, 7) is 1.98. The second kappa shape index (κ2) is 7.54. The third kappa shape index (κ3) is 4.49. The molecule has 1 amide bonds. The molecule has 3 N–H and O–H groups in total. The Hall–Kier alpha value is -2.58. The van der Waals surface area contributed by atoms with Gasteiger partial charge in [-0.05, 0) is 36.8 Å². The first-order chi connectivity index (χ1) is 11.8. The molecule has 2 aromatic carbocycles. The van der Waals surface area contributed by atoms with Crippen molar-refractivity contribution in [1.82, 2.24) is 5.32 Å². The fourth-order valence-electron chi connectivity index (χ4n) is 2.33. The summed E-state index contributed by atoms with van der Waals surface area (Å²) in [5.41, 5.74) is 1.79. The Morgan fingerprint density at radius 2 is 1.72 bits per heavy atom. The van der Waals surface area contributed by atoms with Crippen LogP contribution < -0.4 is 19.9 Å². The molecule has 0 spiro atoms. The number of amides is 1. The van der Waals surface area contributed by atoms with Crippen LogP contribution in [0.1, 0.15) is 21.5 Å². The van der Waals surface area contributed by atoms with E-state index in [2.05, 4.69) is 5.32 Å². The summed E-state index contributed by atoms with van der Waals surface area (Å²) in [5.74, 6) is 0.749. The van der Waals surface area contributed by atoms with Gasteiger partial charge in [0.1, 0.15) is 11.5 Å². The van der Waals surface area contributed by atoms with Crippen molar-refractivity contribution < 1.29 is 22.7 Å². The monoisotopic (exact) mass is 364 g/mol. The zero-order valence-electron chi connectivity index (χ0n) is 14.2. The lowest BCUT2D eigenvalue weighted by Gasteiger charge is -2.13. The number of primary sulfonamides is 1. The van der Waals surface area contributed by atoms with Crippen molar-refractivity contribution in [2.45, 2.75) is 18.4 Å². The minimum Gasteiger partial charge on any atom is -0.496 e. The van der Waals surface area contributed by atoms with Crippen molar-refractivity contribution in [3.63, 3.8) is 0 Å². The Morgan fingerprint density at radius 3 is 2.24 bits per heavy atom. The van der Waals surface area contributed by atoms with Gasteiger partial charge in [-0.2, -0.15) is 0 Å². The number of nitrogens with two attached hydrogens (primary N) is 1. The van der Waals surface area contributed by atoms with Crippen molar-refractivity contribution in [2.24, 2.45) is 5.14 Å². The first-order valence-electron chi connectivity index (χ1n) is 7.39. The van der Waals surface area contributed by atoms with Crippen molar-refractivity contribution in [3.05, 3.63) is 53.1 Å². The van der Waals surface area contributed by atoms with E-state index in [4.69, 9.17) is 14.6 Å². The largest absolute Gasteiger partial charge is 0.496 e. The first-order valence-corrected chi connectivity index (χ1v) is 8.93. The van der Waals surface area contributed by atoms with Crippen LogP contribution in [-0.2, 0) is 16.6 Å². The molecular weight excluding hydrogens is 344 g/mol. The maximum atomic E-state index is 12.4. The molecule has 0 bridgehead atoms. The molecule has 0 unspecified atom stereocenters. The number of carbonyl (C=O) groups excluding carboxylic acids is 1. The standard InChI is InChI=1S/C17H20N2O5S/c1-11-15(23-2)8-13(9-16(11)24-3)17(20)19-10-12-5-4-6-14(7-12)25(18,21)22/h4-9H,10H2,1-3H3,(H,19,20)(H2,18,21,22). The summed E-state index contributed by atoms with van der Waals surface area (Å²) in [6.07, 6.45) is 0. The van der Waals surface area contributed by atoms with Crippen molar-refractivity contribution in [3.8, 4) is 11.5 Å². The van der Waals surface area contributed by atoms with Crippen molar-refractivity contribution in [1.29, 1.82) is 0 Å². The SMILES string of the molecule is COc1cc(C(=O)NCc2cccc(S(N)(=O)=O)c2)cc(OC)c1C. The molecule has 0 aliphatic heterocycles. The Morgan fingerprint density at radius 1 is 1.12 bits per heavy atom. The van der Waals surface area contributed by atoms with E-state index in [0.717, 1.165) is 5.56 Å². The van der Waals surface area contributed by atoms with Crippen LogP contribution in [0.3, 0.4) is 0 Å². The van der Waals surface area contributed by atoms with Crippen LogP contribution in [0.15, 0.2) is 41.3 Å². The molecule has 0 saturated carbocycles. The molecule has 0 aromatic heterocycles. The number of rotatable bonds is 6. The van der Waals surface area contributed by atoms with Gasteiger partial charge in [0.15, 0.2) is 0 Å². The molecule has 0 aliphatic carbocycles. The summed E-state index contributed by atoms with van der Waals surface area (Å²) in [7, 11) is -0.752. The smallest absolute Gasteiger partial charge is 0.251 e. The van der Waals surface area contributed by atoms with Gasteiger partial charge in [-0.25, -0.2) is 13.6 Å². The summed E-state index contributed by atoms with van der Waals surface area (Å²) in [6, 6.07) is 9.33. The quantitative estimate of drug-likeness (QED) is 0.809. The molecular formula is C17H20N2O5S. The predicted octanol–water partition coefficient (Wildman–Crippen LogP) is 1.59. The lowest BCUT2D eigenvalue weighted by Crippen LogP contribution is -2.23.